The van der Waals surface area contributed by atoms with Crippen LogP contribution in [-0.4, -0.2) is 42.8 Å². The standard InChI is InChI=1S/C18H34N2O2/c1-4-19-18(21)20-12-6-5-7-16(20)13-22-17-10-8-15(9-11-17)14(2)3/h14-17H,4-13H2,1-3H3,(H,19,21)/t15?,16-,17?/m0/s1. The Morgan fingerprint density at radius 3 is 2.55 bits per heavy atom. The first-order chi connectivity index (χ1) is 10.6. The van der Waals surface area contributed by atoms with Gasteiger partial charge in [-0.2, -0.15) is 0 Å². The third-order valence-electron chi connectivity index (χ3n) is 5.40. The van der Waals surface area contributed by atoms with Crippen LogP contribution in [0.3, 0.4) is 0 Å². The molecule has 1 aliphatic heterocycles. The topological polar surface area (TPSA) is 41.6 Å². The van der Waals surface area contributed by atoms with E-state index in [0.717, 1.165) is 31.2 Å². The molecule has 2 fully saturated rings. The van der Waals surface area contributed by atoms with Gasteiger partial charge >= 0.3 is 6.03 Å². The molecule has 0 spiro atoms. The van der Waals surface area contributed by atoms with Crippen LogP contribution in [0.2, 0.25) is 0 Å². The number of nitrogens with zero attached hydrogens (tertiary/aromatic N) is 1. The van der Waals surface area contributed by atoms with Crippen LogP contribution in [0.4, 0.5) is 4.79 Å². The molecule has 0 bridgehead atoms. The summed E-state index contributed by atoms with van der Waals surface area (Å²) in [7, 11) is 0. The van der Waals surface area contributed by atoms with E-state index >= 15 is 0 Å². The Morgan fingerprint density at radius 2 is 1.91 bits per heavy atom. The van der Waals surface area contributed by atoms with Crippen LogP contribution >= 0.6 is 0 Å². The smallest absolute Gasteiger partial charge is 0.317 e. The predicted molar refractivity (Wildman–Crippen MR) is 90.0 cm³/mol. The lowest BCUT2D eigenvalue weighted by atomic mass is 9.80. The van der Waals surface area contributed by atoms with Crippen LogP contribution in [0.25, 0.3) is 0 Å². The van der Waals surface area contributed by atoms with E-state index in [9.17, 15) is 4.79 Å². The average Bonchev–Trinajstić information content (AvgIpc) is 2.54. The van der Waals surface area contributed by atoms with Crippen LogP contribution in [0.15, 0.2) is 0 Å². The van der Waals surface area contributed by atoms with Crippen molar-refractivity contribution in [3.05, 3.63) is 0 Å². The van der Waals surface area contributed by atoms with Gasteiger partial charge in [-0.05, 0) is 63.7 Å². The van der Waals surface area contributed by atoms with Crippen molar-refractivity contribution in [1.82, 2.24) is 10.2 Å². The van der Waals surface area contributed by atoms with Crippen molar-refractivity contribution in [2.75, 3.05) is 19.7 Å². The minimum absolute atomic E-state index is 0.0827. The summed E-state index contributed by atoms with van der Waals surface area (Å²) in [6, 6.07) is 0.349. The highest BCUT2D eigenvalue weighted by atomic mass is 16.5. The number of carbonyl (C=O) groups is 1. The maximum Gasteiger partial charge on any atom is 0.317 e. The minimum atomic E-state index is 0.0827. The molecule has 0 unspecified atom stereocenters. The highest BCUT2D eigenvalue weighted by molar-refractivity contribution is 5.74. The highest BCUT2D eigenvalue weighted by Crippen LogP contribution is 2.31. The monoisotopic (exact) mass is 310 g/mol. The van der Waals surface area contributed by atoms with Gasteiger partial charge in [-0.25, -0.2) is 4.79 Å². The van der Waals surface area contributed by atoms with E-state index in [1.54, 1.807) is 0 Å². The molecule has 22 heavy (non-hydrogen) atoms. The molecule has 4 heteroatoms. The largest absolute Gasteiger partial charge is 0.376 e. The number of hydrogen-bond acceptors (Lipinski definition) is 2. The fourth-order valence-corrected chi connectivity index (χ4v) is 3.86. The summed E-state index contributed by atoms with van der Waals surface area (Å²) >= 11 is 0. The molecule has 0 aromatic carbocycles. The van der Waals surface area contributed by atoms with Gasteiger partial charge in [0.25, 0.3) is 0 Å². The normalized spacial score (nSPS) is 29.6. The lowest BCUT2D eigenvalue weighted by Gasteiger charge is -2.37. The van der Waals surface area contributed by atoms with E-state index in [-0.39, 0.29) is 12.1 Å². The van der Waals surface area contributed by atoms with Crippen LogP contribution in [0, 0.1) is 11.8 Å². The Bertz CT molecular complexity index is 338. The maximum absolute atomic E-state index is 12.1. The van der Waals surface area contributed by atoms with E-state index in [2.05, 4.69) is 19.2 Å². The first-order valence-corrected chi connectivity index (χ1v) is 9.27. The number of piperidine rings is 1. The fourth-order valence-electron chi connectivity index (χ4n) is 3.86. The number of likely N-dealkylation sites (tertiary alicyclic amines) is 1. The van der Waals surface area contributed by atoms with Gasteiger partial charge in [0.05, 0.1) is 18.8 Å². The minimum Gasteiger partial charge on any atom is -0.376 e. The second kappa shape index (κ2) is 8.76. The first-order valence-electron chi connectivity index (χ1n) is 9.27. The van der Waals surface area contributed by atoms with Crippen molar-refractivity contribution >= 4 is 6.03 Å². The molecule has 2 rings (SSSR count). The molecule has 1 heterocycles. The van der Waals surface area contributed by atoms with Crippen molar-refractivity contribution in [2.45, 2.75) is 77.9 Å². The summed E-state index contributed by atoms with van der Waals surface area (Å²) < 4.78 is 6.19. The Labute approximate surface area is 136 Å². The molecule has 128 valence electrons. The van der Waals surface area contributed by atoms with Crippen molar-refractivity contribution < 1.29 is 9.53 Å². The molecule has 0 aromatic rings. The zero-order valence-corrected chi connectivity index (χ0v) is 14.6. The molecule has 1 atom stereocenters. The highest BCUT2D eigenvalue weighted by Gasteiger charge is 2.29. The van der Waals surface area contributed by atoms with Crippen LogP contribution in [0.1, 0.15) is 65.7 Å². The van der Waals surface area contributed by atoms with Crippen LogP contribution in [-0.2, 0) is 4.74 Å². The second-order valence-corrected chi connectivity index (χ2v) is 7.29. The molecule has 2 amide bonds. The van der Waals surface area contributed by atoms with Crippen molar-refractivity contribution in [1.29, 1.82) is 0 Å². The number of carbonyl (C=O) groups excluding carboxylic acids is 1. The molecule has 1 saturated heterocycles. The first kappa shape index (κ1) is 17.6. The van der Waals surface area contributed by atoms with E-state index in [4.69, 9.17) is 4.74 Å². The van der Waals surface area contributed by atoms with Crippen LogP contribution < -0.4 is 5.32 Å². The van der Waals surface area contributed by atoms with E-state index in [0.29, 0.717) is 19.3 Å². The number of urea groups is 1. The van der Waals surface area contributed by atoms with Gasteiger partial charge < -0.3 is 15.0 Å². The summed E-state index contributed by atoms with van der Waals surface area (Å²) in [5, 5.41) is 2.93. The number of rotatable bonds is 5. The molecule has 0 aromatic heterocycles. The summed E-state index contributed by atoms with van der Waals surface area (Å²) in [4.78, 5) is 14.1. The van der Waals surface area contributed by atoms with E-state index in [1.165, 1.54) is 32.1 Å². The van der Waals surface area contributed by atoms with Gasteiger partial charge in [0.1, 0.15) is 0 Å². The Balaban J connectivity index is 1.76. The van der Waals surface area contributed by atoms with Gasteiger partial charge in [0.15, 0.2) is 0 Å². The SMILES string of the molecule is CCNC(=O)N1CCCC[C@H]1COC1CCC(C(C)C)CC1. The van der Waals surface area contributed by atoms with E-state index in [1.807, 2.05) is 11.8 Å². The van der Waals surface area contributed by atoms with Gasteiger partial charge in [-0.15, -0.1) is 0 Å². The van der Waals surface area contributed by atoms with Crippen LogP contribution in [0.5, 0.6) is 0 Å². The molecule has 1 saturated carbocycles. The zero-order valence-electron chi connectivity index (χ0n) is 14.6. The Morgan fingerprint density at radius 1 is 1.18 bits per heavy atom. The molecule has 0 radical (unpaired) electrons. The second-order valence-electron chi connectivity index (χ2n) is 7.29. The average molecular weight is 310 g/mol. The lowest BCUT2D eigenvalue weighted by Crippen LogP contribution is -2.50. The molecular weight excluding hydrogens is 276 g/mol. The number of hydrogen-bond donors (Lipinski definition) is 1. The lowest BCUT2D eigenvalue weighted by molar-refractivity contribution is -0.0186. The summed E-state index contributed by atoms with van der Waals surface area (Å²) in [6.45, 7) is 8.92. The summed E-state index contributed by atoms with van der Waals surface area (Å²) in [6.07, 6.45) is 8.80. The number of amides is 2. The molecular formula is C18H34N2O2. The predicted octanol–water partition coefficient (Wildman–Crippen LogP) is 3.80. The summed E-state index contributed by atoms with van der Waals surface area (Å²) in [5.41, 5.74) is 0. The molecule has 1 N–H and O–H groups in total. The molecule has 2 aliphatic rings. The molecule has 4 nitrogen and oxygen atoms in total. The van der Waals surface area contributed by atoms with Crippen molar-refractivity contribution in [3.63, 3.8) is 0 Å². The number of ether oxygens (including phenoxy) is 1. The van der Waals surface area contributed by atoms with Gasteiger partial charge in [0, 0.05) is 13.1 Å². The van der Waals surface area contributed by atoms with Crippen molar-refractivity contribution in [2.24, 2.45) is 11.8 Å². The van der Waals surface area contributed by atoms with E-state index < -0.39 is 0 Å². The third kappa shape index (κ3) is 4.87. The summed E-state index contributed by atoms with van der Waals surface area (Å²) in [5.74, 6) is 1.67. The number of nitrogens with one attached hydrogen (secondary N) is 1. The van der Waals surface area contributed by atoms with Gasteiger partial charge in [-0.3, -0.25) is 0 Å². The fraction of sp³-hybridized carbons (Fsp3) is 0.944. The van der Waals surface area contributed by atoms with Gasteiger partial charge in [0.2, 0.25) is 0 Å². The van der Waals surface area contributed by atoms with Gasteiger partial charge in [-0.1, -0.05) is 13.8 Å². The van der Waals surface area contributed by atoms with Crippen molar-refractivity contribution in [3.8, 4) is 0 Å². The zero-order chi connectivity index (χ0) is 15.9. The Kier molecular flexibility index (Phi) is 7.00. The third-order valence-corrected chi connectivity index (χ3v) is 5.40. The maximum atomic E-state index is 12.1. The quantitative estimate of drug-likeness (QED) is 0.839. The molecule has 1 aliphatic carbocycles. The Hall–Kier alpha value is -0.770.